The van der Waals surface area contributed by atoms with E-state index in [9.17, 15) is 9.59 Å². The zero-order chi connectivity index (χ0) is 21.3. The van der Waals surface area contributed by atoms with E-state index in [0.29, 0.717) is 11.3 Å². The molecule has 3 aromatic carbocycles. The number of alkyl halides is 1. The second-order valence-electron chi connectivity index (χ2n) is 6.61. The van der Waals surface area contributed by atoms with Gasteiger partial charge in [-0.25, -0.2) is 9.59 Å². The monoisotopic (exact) mass is 424 g/mol. The summed E-state index contributed by atoms with van der Waals surface area (Å²) >= 11 is 5.79. The number of hydrogen-bond acceptors (Lipinski definition) is 5. The van der Waals surface area contributed by atoms with Gasteiger partial charge in [0, 0.05) is 0 Å². The van der Waals surface area contributed by atoms with E-state index in [1.165, 1.54) is 0 Å². The molecule has 154 valence electrons. The summed E-state index contributed by atoms with van der Waals surface area (Å²) in [7, 11) is 0. The van der Waals surface area contributed by atoms with Crippen molar-refractivity contribution < 1.29 is 23.8 Å². The molecule has 0 radical (unpaired) electrons. The molecule has 0 fully saturated rings. The van der Waals surface area contributed by atoms with Gasteiger partial charge in [0.2, 0.25) is 0 Å². The average Bonchev–Trinajstić information content (AvgIpc) is 2.77. The van der Waals surface area contributed by atoms with Crippen LogP contribution in [0.4, 0.5) is 4.79 Å². The highest BCUT2D eigenvalue weighted by atomic mass is 35.5. The van der Waals surface area contributed by atoms with Crippen LogP contribution in [0.25, 0.3) is 11.1 Å². The van der Waals surface area contributed by atoms with Crippen molar-refractivity contribution in [2.75, 3.05) is 6.61 Å². The number of carbonyl (C=O) groups is 2. The molecule has 0 heterocycles. The fraction of sp³-hybridized carbons (Fsp3) is 0.167. The van der Waals surface area contributed by atoms with Gasteiger partial charge in [-0.1, -0.05) is 54.6 Å². The Labute approximate surface area is 180 Å². The molecule has 0 bridgehead atoms. The van der Waals surface area contributed by atoms with Crippen LogP contribution < -0.4 is 4.74 Å². The molecule has 6 heteroatoms. The zero-order valence-corrected chi connectivity index (χ0v) is 17.2. The Bertz CT molecular complexity index is 967. The second-order valence-corrected chi connectivity index (χ2v) is 7.35. The molecule has 3 aromatic rings. The third-order valence-corrected chi connectivity index (χ3v) is 4.28. The summed E-state index contributed by atoms with van der Waals surface area (Å²) < 4.78 is 15.4. The van der Waals surface area contributed by atoms with E-state index in [4.69, 9.17) is 25.8 Å². The smallest absolute Gasteiger partial charge is 0.461 e. The Kier molecular flexibility index (Phi) is 7.46. The van der Waals surface area contributed by atoms with Crippen molar-refractivity contribution in [3.05, 3.63) is 90.0 Å². The van der Waals surface area contributed by atoms with Crippen LogP contribution in [0.3, 0.4) is 0 Å². The van der Waals surface area contributed by atoms with E-state index in [0.717, 1.165) is 16.7 Å². The standard InChI is InChI=1S/C24H21ClO5/c1-17(25)15-28-23(26)21-9-7-19(8-10-21)20-11-13-22(14-12-20)30-24(27)29-16-18-5-3-2-4-6-18/h2-14,17H,15-16H2,1H3. The van der Waals surface area contributed by atoms with Crippen LogP contribution in [0, 0.1) is 0 Å². The van der Waals surface area contributed by atoms with Crippen molar-refractivity contribution >= 4 is 23.7 Å². The van der Waals surface area contributed by atoms with Crippen molar-refractivity contribution in [1.29, 1.82) is 0 Å². The number of hydrogen-bond donors (Lipinski definition) is 0. The minimum absolute atomic E-state index is 0.149. The van der Waals surface area contributed by atoms with Crippen LogP contribution in [0.5, 0.6) is 5.75 Å². The average molecular weight is 425 g/mol. The molecule has 0 saturated carbocycles. The van der Waals surface area contributed by atoms with Gasteiger partial charge >= 0.3 is 12.1 Å². The molecule has 3 rings (SSSR count). The maximum atomic E-state index is 11.9. The Morgan fingerprint density at radius 3 is 2.03 bits per heavy atom. The first-order valence-corrected chi connectivity index (χ1v) is 9.85. The molecule has 0 aromatic heterocycles. The van der Waals surface area contributed by atoms with Crippen LogP contribution in [-0.4, -0.2) is 24.1 Å². The van der Waals surface area contributed by atoms with Gasteiger partial charge in [-0.15, -0.1) is 11.6 Å². The van der Waals surface area contributed by atoms with Gasteiger partial charge in [0.1, 0.15) is 19.0 Å². The first-order chi connectivity index (χ1) is 14.5. The minimum Gasteiger partial charge on any atom is -0.461 e. The Hall–Kier alpha value is -3.31. The molecule has 0 aliphatic heterocycles. The Morgan fingerprint density at radius 2 is 1.43 bits per heavy atom. The van der Waals surface area contributed by atoms with Crippen LogP contribution in [0.2, 0.25) is 0 Å². The SMILES string of the molecule is CC(Cl)COC(=O)c1ccc(-c2ccc(OC(=O)OCc3ccccc3)cc2)cc1. The van der Waals surface area contributed by atoms with Gasteiger partial charge in [-0.05, 0) is 47.9 Å². The summed E-state index contributed by atoms with van der Waals surface area (Å²) in [5.74, 6) is -0.0287. The molecule has 0 saturated heterocycles. The van der Waals surface area contributed by atoms with Crippen molar-refractivity contribution in [1.82, 2.24) is 0 Å². The van der Waals surface area contributed by atoms with Crippen LogP contribution >= 0.6 is 11.6 Å². The molecule has 1 unspecified atom stereocenters. The fourth-order valence-electron chi connectivity index (χ4n) is 2.63. The predicted octanol–water partition coefficient (Wildman–Crippen LogP) is 5.85. The van der Waals surface area contributed by atoms with Gasteiger partial charge in [0.05, 0.1) is 10.9 Å². The lowest BCUT2D eigenvalue weighted by molar-refractivity contribution is 0.0508. The number of ether oxygens (including phenoxy) is 3. The summed E-state index contributed by atoms with van der Waals surface area (Å²) in [5.41, 5.74) is 3.16. The fourth-order valence-corrected chi connectivity index (χ4v) is 2.69. The number of carbonyl (C=O) groups excluding carboxylic acids is 2. The highest BCUT2D eigenvalue weighted by Gasteiger charge is 2.10. The third-order valence-electron chi connectivity index (χ3n) is 4.15. The first-order valence-electron chi connectivity index (χ1n) is 9.41. The van der Waals surface area contributed by atoms with Gasteiger partial charge in [-0.2, -0.15) is 0 Å². The predicted molar refractivity (Wildman–Crippen MR) is 115 cm³/mol. The maximum absolute atomic E-state index is 11.9. The maximum Gasteiger partial charge on any atom is 0.514 e. The normalized spacial score (nSPS) is 11.4. The van der Waals surface area contributed by atoms with Crippen molar-refractivity contribution in [2.24, 2.45) is 0 Å². The lowest BCUT2D eigenvalue weighted by Gasteiger charge is -2.08. The zero-order valence-electron chi connectivity index (χ0n) is 16.4. The molecule has 0 aliphatic carbocycles. The van der Waals surface area contributed by atoms with Gasteiger partial charge in [-0.3, -0.25) is 0 Å². The third kappa shape index (κ3) is 6.36. The van der Waals surface area contributed by atoms with Crippen LogP contribution in [-0.2, 0) is 16.1 Å². The van der Waals surface area contributed by atoms with E-state index in [1.807, 2.05) is 54.6 Å². The molecular formula is C24H21ClO5. The van der Waals surface area contributed by atoms with E-state index in [1.54, 1.807) is 31.2 Å². The second kappa shape index (κ2) is 10.5. The number of esters is 1. The van der Waals surface area contributed by atoms with E-state index >= 15 is 0 Å². The van der Waals surface area contributed by atoms with Gasteiger partial charge in [0.25, 0.3) is 0 Å². The quantitative estimate of drug-likeness (QED) is 0.270. The lowest BCUT2D eigenvalue weighted by Crippen LogP contribution is -2.11. The van der Waals surface area contributed by atoms with E-state index in [2.05, 4.69) is 0 Å². The van der Waals surface area contributed by atoms with Crippen LogP contribution in [0.1, 0.15) is 22.8 Å². The first kappa shape index (κ1) is 21.4. The van der Waals surface area contributed by atoms with Crippen molar-refractivity contribution in [3.63, 3.8) is 0 Å². The molecular weight excluding hydrogens is 404 g/mol. The molecule has 5 nitrogen and oxygen atoms in total. The minimum atomic E-state index is -0.763. The molecule has 0 aliphatic rings. The molecule has 0 N–H and O–H groups in total. The summed E-state index contributed by atoms with van der Waals surface area (Å²) in [5, 5.41) is -0.232. The summed E-state index contributed by atoms with van der Waals surface area (Å²) in [6.07, 6.45) is -0.763. The van der Waals surface area contributed by atoms with Crippen LogP contribution in [0.15, 0.2) is 78.9 Å². The highest BCUT2D eigenvalue weighted by Crippen LogP contribution is 2.23. The number of benzene rings is 3. The topological polar surface area (TPSA) is 61.8 Å². The summed E-state index contributed by atoms with van der Waals surface area (Å²) in [4.78, 5) is 23.8. The van der Waals surface area contributed by atoms with Gasteiger partial charge in [0.15, 0.2) is 0 Å². The molecule has 30 heavy (non-hydrogen) atoms. The Morgan fingerprint density at radius 1 is 0.833 bits per heavy atom. The Balaban J connectivity index is 1.54. The van der Waals surface area contributed by atoms with Crippen molar-refractivity contribution in [2.45, 2.75) is 18.9 Å². The molecule has 0 amide bonds. The lowest BCUT2D eigenvalue weighted by atomic mass is 10.0. The van der Waals surface area contributed by atoms with Crippen molar-refractivity contribution in [3.8, 4) is 16.9 Å². The summed E-state index contributed by atoms with van der Waals surface area (Å²) in [6.45, 7) is 2.07. The van der Waals surface area contributed by atoms with E-state index in [-0.39, 0.29) is 18.6 Å². The van der Waals surface area contributed by atoms with Gasteiger partial charge < -0.3 is 14.2 Å². The largest absolute Gasteiger partial charge is 0.514 e. The molecule has 1 atom stereocenters. The summed E-state index contributed by atoms with van der Waals surface area (Å²) in [6, 6.07) is 23.4. The highest BCUT2D eigenvalue weighted by molar-refractivity contribution is 6.20. The molecule has 0 spiro atoms. The number of rotatable bonds is 7. The van der Waals surface area contributed by atoms with E-state index < -0.39 is 12.1 Å². The number of halogens is 1.